The third-order valence-corrected chi connectivity index (χ3v) is 6.17. The fourth-order valence-electron chi connectivity index (χ4n) is 4.77. The van der Waals surface area contributed by atoms with Crippen LogP contribution in [0.4, 0.5) is 0 Å². The summed E-state index contributed by atoms with van der Waals surface area (Å²) in [7, 11) is 0. The van der Waals surface area contributed by atoms with E-state index < -0.39 is 0 Å². The minimum atomic E-state index is -0.381. The van der Waals surface area contributed by atoms with Gasteiger partial charge in [0.1, 0.15) is 5.78 Å². The predicted molar refractivity (Wildman–Crippen MR) is 112 cm³/mol. The fourth-order valence-corrected chi connectivity index (χ4v) is 5.05. The Labute approximate surface area is 176 Å². The van der Waals surface area contributed by atoms with E-state index in [0.29, 0.717) is 48.2 Å². The summed E-state index contributed by atoms with van der Waals surface area (Å²) in [6, 6.07) is 3.72. The molecule has 2 aliphatic carbocycles. The number of nitrogens with zero attached hydrogens (tertiary/aromatic N) is 1. The lowest BCUT2D eigenvalue weighted by Gasteiger charge is -2.38. The maximum atomic E-state index is 13.0. The van der Waals surface area contributed by atoms with Crippen LogP contribution in [0.2, 0.25) is 5.02 Å². The zero-order valence-corrected chi connectivity index (χ0v) is 17.7. The summed E-state index contributed by atoms with van der Waals surface area (Å²) in [5.41, 5.74) is 3.30. The van der Waals surface area contributed by atoms with E-state index in [4.69, 9.17) is 26.1 Å². The van der Waals surface area contributed by atoms with Crippen molar-refractivity contribution in [2.24, 2.45) is 10.9 Å². The standard InChI is InChI=1S/C23H26ClNO4/c1-3-28-19-12-13(11-14(24)23(19)29-4-2)20-21-15(7-5-9-17(21)26)25-16-8-6-10-18(27)22(16)20/h11-12,20-21H,3-10H2,1-2H3/t20-,21?/m1/s1. The van der Waals surface area contributed by atoms with Gasteiger partial charge < -0.3 is 9.47 Å². The first-order valence-electron chi connectivity index (χ1n) is 10.5. The van der Waals surface area contributed by atoms with Gasteiger partial charge in [0.2, 0.25) is 0 Å². The summed E-state index contributed by atoms with van der Waals surface area (Å²) in [5.74, 6) is 0.588. The molecule has 29 heavy (non-hydrogen) atoms. The van der Waals surface area contributed by atoms with Gasteiger partial charge in [-0.15, -0.1) is 0 Å². The lowest BCUT2D eigenvalue weighted by atomic mass is 9.67. The van der Waals surface area contributed by atoms with Crippen LogP contribution in [0.3, 0.4) is 0 Å². The molecule has 0 radical (unpaired) electrons. The molecule has 0 spiro atoms. The van der Waals surface area contributed by atoms with Crippen LogP contribution in [0.15, 0.2) is 28.4 Å². The molecule has 2 atom stereocenters. The second-order valence-electron chi connectivity index (χ2n) is 7.71. The lowest BCUT2D eigenvalue weighted by molar-refractivity contribution is -0.122. The summed E-state index contributed by atoms with van der Waals surface area (Å²) in [4.78, 5) is 30.7. The number of aliphatic imine (C=N–C) groups is 1. The van der Waals surface area contributed by atoms with E-state index in [1.807, 2.05) is 26.0 Å². The van der Waals surface area contributed by atoms with Crippen molar-refractivity contribution in [3.63, 3.8) is 0 Å². The molecular weight excluding hydrogens is 390 g/mol. The van der Waals surface area contributed by atoms with Crippen LogP contribution in [0.5, 0.6) is 11.5 Å². The van der Waals surface area contributed by atoms with E-state index in [-0.39, 0.29) is 23.4 Å². The van der Waals surface area contributed by atoms with Crippen molar-refractivity contribution in [2.45, 2.75) is 58.3 Å². The zero-order chi connectivity index (χ0) is 20.5. The molecule has 1 aliphatic heterocycles. The van der Waals surface area contributed by atoms with Crippen molar-refractivity contribution in [1.82, 2.24) is 0 Å². The molecule has 0 amide bonds. The Kier molecular flexibility index (Phi) is 5.77. The SMILES string of the molecule is CCOc1cc([C@H]2C3=C(CCCC3=O)N=C3CCCC(=O)C32)cc(Cl)c1OCC. The van der Waals surface area contributed by atoms with Gasteiger partial charge in [0, 0.05) is 35.7 Å². The molecule has 4 rings (SSSR count). The maximum absolute atomic E-state index is 13.0. The van der Waals surface area contributed by atoms with Crippen LogP contribution >= 0.6 is 11.6 Å². The third kappa shape index (κ3) is 3.61. The number of ether oxygens (including phenoxy) is 2. The van der Waals surface area contributed by atoms with Gasteiger partial charge in [0.25, 0.3) is 0 Å². The number of halogens is 1. The molecule has 5 nitrogen and oxygen atoms in total. The summed E-state index contributed by atoms with van der Waals surface area (Å²) in [6.07, 6.45) is 4.26. The van der Waals surface area contributed by atoms with Crippen LogP contribution in [-0.2, 0) is 9.59 Å². The molecule has 1 aromatic carbocycles. The highest BCUT2D eigenvalue weighted by molar-refractivity contribution is 6.32. The predicted octanol–water partition coefficient (Wildman–Crippen LogP) is 5.05. The number of ketones is 2. The van der Waals surface area contributed by atoms with Crippen LogP contribution < -0.4 is 9.47 Å². The third-order valence-electron chi connectivity index (χ3n) is 5.89. The van der Waals surface area contributed by atoms with E-state index in [2.05, 4.69) is 0 Å². The van der Waals surface area contributed by atoms with E-state index >= 15 is 0 Å². The normalized spacial score (nSPS) is 24.0. The van der Waals surface area contributed by atoms with Crippen LogP contribution in [-0.4, -0.2) is 30.5 Å². The van der Waals surface area contributed by atoms with Crippen molar-refractivity contribution >= 4 is 28.9 Å². The Morgan fingerprint density at radius 2 is 1.76 bits per heavy atom. The molecular formula is C23H26ClNO4. The molecule has 1 heterocycles. The number of allylic oxidation sites excluding steroid dienone is 2. The molecule has 154 valence electrons. The van der Waals surface area contributed by atoms with E-state index in [0.717, 1.165) is 42.7 Å². The number of rotatable bonds is 5. The van der Waals surface area contributed by atoms with Gasteiger partial charge in [-0.05, 0) is 57.2 Å². The quantitative estimate of drug-likeness (QED) is 0.674. The van der Waals surface area contributed by atoms with Gasteiger partial charge in [-0.2, -0.15) is 0 Å². The Morgan fingerprint density at radius 1 is 1.00 bits per heavy atom. The number of carbonyl (C=O) groups is 2. The molecule has 6 heteroatoms. The average Bonchev–Trinajstić information content (AvgIpc) is 2.69. The number of hydrogen-bond donors (Lipinski definition) is 0. The molecule has 1 aromatic rings. The molecule has 1 unspecified atom stereocenters. The Balaban J connectivity index is 1.88. The summed E-state index contributed by atoms with van der Waals surface area (Å²) in [6.45, 7) is 4.72. The minimum Gasteiger partial charge on any atom is -0.490 e. The zero-order valence-electron chi connectivity index (χ0n) is 16.9. The molecule has 1 fully saturated rings. The van der Waals surface area contributed by atoms with Gasteiger partial charge >= 0.3 is 0 Å². The number of carbonyl (C=O) groups excluding carboxylic acids is 2. The second kappa shape index (κ2) is 8.31. The molecule has 0 saturated heterocycles. The smallest absolute Gasteiger partial charge is 0.179 e. The average molecular weight is 416 g/mol. The molecule has 0 aromatic heterocycles. The summed E-state index contributed by atoms with van der Waals surface area (Å²) < 4.78 is 11.5. The highest BCUT2D eigenvalue weighted by Crippen LogP contribution is 2.48. The Morgan fingerprint density at radius 3 is 2.52 bits per heavy atom. The first-order valence-corrected chi connectivity index (χ1v) is 10.9. The molecule has 0 bridgehead atoms. The van der Waals surface area contributed by atoms with E-state index in [1.54, 1.807) is 0 Å². The number of benzene rings is 1. The van der Waals surface area contributed by atoms with E-state index in [1.165, 1.54) is 0 Å². The number of Topliss-reactive ketones (excluding diaryl/α,β-unsaturated/α-hetero) is 2. The molecule has 1 saturated carbocycles. The Hall–Kier alpha value is -2.14. The van der Waals surface area contributed by atoms with E-state index in [9.17, 15) is 9.59 Å². The fraction of sp³-hybridized carbons (Fsp3) is 0.522. The highest BCUT2D eigenvalue weighted by Gasteiger charge is 2.44. The number of hydrogen-bond acceptors (Lipinski definition) is 5. The highest BCUT2D eigenvalue weighted by atomic mass is 35.5. The van der Waals surface area contributed by atoms with Crippen LogP contribution in [0.1, 0.15) is 63.9 Å². The Bertz CT molecular complexity index is 918. The van der Waals surface area contributed by atoms with Crippen molar-refractivity contribution in [1.29, 1.82) is 0 Å². The van der Waals surface area contributed by atoms with Gasteiger partial charge in [0.15, 0.2) is 17.3 Å². The second-order valence-corrected chi connectivity index (χ2v) is 8.12. The van der Waals surface area contributed by atoms with Crippen molar-refractivity contribution in [3.05, 3.63) is 34.0 Å². The van der Waals surface area contributed by atoms with Crippen LogP contribution in [0, 0.1) is 5.92 Å². The number of fused-ring (bicyclic) bond motifs is 1. The van der Waals surface area contributed by atoms with Gasteiger partial charge in [-0.25, -0.2) is 0 Å². The minimum absolute atomic E-state index is 0.0976. The van der Waals surface area contributed by atoms with Crippen molar-refractivity contribution in [3.8, 4) is 11.5 Å². The van der Waals surface area contributed by atoms with Crippen molar-refractivity contribution in [2.75, 3.05) is 13.2 Å². The maximum Gasteiger partial charge on any atom is 0.179 e. The van der Waals surface area contributed by atoms with Gasteiger partial charge in [-0.3, -0.25) is 14.6 Å². The first kappa shape index (κ1) is 20.1. The molecule has 0 N–H and O–H groups in total. The van der Waals surface area contributed by atoms with Crippen molar-refractivity contribution < 1.29 is 19.1 Å². The monoisotopic (exact) mass is 415 g/mol. The summed E-state index contributed by atoms with van der Waals surface area (Å²) in [5, 5.41) is 0.436. The largest absolute Gasteiger partial charge is 0.490 e. The van der Waals surface area contributed by atoms with Crippen LogP contribution in [0.25, 0.3) is 0 Å². The first-order chi connectivity index (χ1) is 14.0. The van der Waals surface area contributed by atoms with Gasteiger partial charge in [-0.1, -0.05) is 11.6 Å². The summed E-state index contributed by atoms with van der Waals surface area (Å²) >= 11 is 6.57. The topological polar surface area (TPSA) is 65.0 Å². The van der Waals surface area contributed by atoms with Gasteiger partial charge in [0.05, 0.1) is 24.2 Å². The molecule has 3 aliphatic rings. The lowest BCUT2D eigenvalue weighted by Crippen LogP contribution is -2.39.